The molecule has 0 radical (unpaired) electrons. The Kier molecular flexibility index (Phi) is 6.89. The smallest absolute Gasteiger partial charge is 0.251 e. The summed E-state index contributed by atoms with van der Waals surface area (Å²) in [6.45, 7) is 2.24. The topological polar surface area (TPSA) is 92.5 Å². The zero-order valence-corrected chi connectivity index (χ0v) is 16.7. The summed E-state index contributed by atoms with van der Waals surface area (Å²) in [5.41, 5.74) is 7.61. The monoisotopic (exact) mass is 393 g/mol. The number of nitrogens with two attached hydrogens (primary N) is 1. The summed E-state index contributed by atoms with van der Waals surface area (Å²) in [4.78, 5) is 14.9. The molecule has 0 aromatic heterocycles. The number of hydrogen-bond donors (Lipinski definition) is 2. The highest BCUT2D eigenvalue weighted by molar-refractivity contribution is 7.91. The fourth-order valence-electron chi connectivity index (χ4n) is 4.13. The number of sulfone groups is 1. The van der Waals surface area contributed by atoms with Crippen molar-refractivity contribution in [3.05, 3.63) is 35.4 Å². The Labute approximate surface area is 162 Å². The van der Waals surface area contributed by atoms with Crippen molar-refractivity contribution >= 4 is 15.7 Å². The summed E-state index contributed by atoms with van der Waals surface area (Å²) in [5, 5.41) is 3.14. The van der Waals surface area contributed by atoms with Crippen LogP contribution in [0.25, 0.3) is 0 Å². The number of nitrogens with one attached hydrogen (secondary N) is 1. The van der Waals surface area contributed by atoms with Gasteiger partial charge in [0.1, 0.15) is 0 Å². The summed E-state index contributed by atoms with van der Waals surface area (Å²) in [5.74, 6) is 0.838. The molecule has 0 spiro atoms. The van der Waals surface area contributed by atoms with Crippen molar-refractivity contribution in [2.24, 2.45) is 11.7 Å². The van der Waals surface area contributed by atoms with E-state index in [2.05, 4.69) is 10.2 Å². The van der Waals surface area contributed by atoms with Crippen LogP contribution in [0.1, 0.15) is 48.0 Å². The average Bonchev–Trinajstić information content (AvgIpc) is 2.68. The van der Waals surface area contributed by atoms with E-state index in [1.54, 1.807) is 0 Å². The molecule has 1 atom stereocenters. The second kappa shape index (κ2) is 9.17. The minimum atomic E-state index is -2.87. The van der Waals surface area contributed by atoms with Gasteiger partial charge in [-0.05, 0) is 36.5 Å². The number of amides is 1. The molecule has 150 valence electrons. The van der Waals surface area contributed by atoms with Crippen molar-refractivity contribution < 1.29 is 13.2 Å². The summed E-state index contributed by atoms with van der Waals surface area (Å²) >= 11 is 0. The highest BCUT2D eigenvalue weighted by Gasteiger charge is 2.25. The summed E-state index contributed by atoms with van der Waals surface area (Å²) in [7, 11) is -2.87. The molecule has 2 aliphatic rings. The SMILES string of the molecule is NCC(NC(=O)c1cccc(CN2CCS(=O)(=O)CC2)c1)C1CCCCC1. The third-order valence-electron chi connectivity index (χ3n) is 5.82. The number of hydrogen-bond acceptors (Lipinski definition) is 5. The first kappa shape index (κ1) is 20.3. The van der Waals surface area contributed by atoms with E-state index >= 15 is 0 Å². The highest BCUT2D eigenvalue weighted by atomic mass is 32.2. The van der Waals surface area contributed by atoms with E-state index in [0.717, 1.165) is 18.4 Å². The maximum absolute atomic E-state index is 12.7. The molecular weight excluding hydrogens is 362 g/mol. The molecule has 3 N–H and O–H groups in total. The Morgan fingerprint density at radius 1 is 1.19 bits per heavy atom. The van der Waals surface area contributed by atoms with Gasteiger partial charge in [-0.25, -0.2) is 8.42 Å². The first-order chi connectivity index (χ1) is 13.0. The van der Waals surface area contributed by atoms with Gasteiger partial charge < -0.3 is 11.1 Å². The Morgan fingerprint density at radius 2 is 1.89 bits per heavy atom. The van der Waals surface area contributed by atoms with E-state index in [4.69, 9.17) is 5.73 Å². The van der Waals surface area contributed by atoms with Gasteiger partial charge in [0.2, 0.25) is 0 Å². The minimum absolute atomic E-state index is 0.0359. The number of rotatable bonds is 6. The largest absolute Gasteiger partial charge is 0.348 e. The summed E-state index contributed by atoms with van der Waals surface area (Å²) in [6.07, 6.45) is 6.00. The second-order valence-electron chi connectivity index (χ2n) is 7.84. The lowest BCUT2D eigenvalue weighted by molar-refractivity contribution is 0.0915. The van der Waals surface area contributed by atoms with Gasteiger partial charge in [-0.15, -0.1) is 0 Å². The fraction of sp³-hybridized carbons (Fsp3) is 0.650. The predicted molar refractivity (Wildman–Crippen MR) is 107 cm³/mol. The molecule has 1 heterocycles. The van der Waals surface area contributed by atoms with Crippen LogP contribution in [0.15, 0.2) is 24.3 Å². The van der Waals surface area contributed by atoms with E-state index in [0.29, 0.717) is 37.7 Å². The minimum Gasteiger partial charge on any atom is -0.348 e. The summed E-state index contributed by atoms with van der Waals surface area (Å²) < 4.78 is 23.1. The average molecular weight is 394 g/mol. The van der Waals surface area contributed by atoms with Crippen LogP contribution >= 0.6 is 0 Å². The van der Waals surface area contributed by atoms with Gasteiger partial charge in [-0.1, -0.05) is 31.4 Å². The highest BCUT2D eigenvalue weighted by Crippen LogP contribution is 2.26. The molecule has 1 amide bonds. The third kappa shape index (κ3) is 5.77. The first-order valence-corrected chi connectivity index (χ1v) is 11.8. The fourth-order valence-corrected chi connectivity index (χ4v) is 5.41. The van der Waals surface area contributed by atoms with Crippen LogP contribution in [-0.4, -0.2) is 56.4 Å². The Bertz CT molecular complexity index is 731. The number of benzene rings is 1. The molecule has 1 aromatic carbocycles. The van der Waals surface area contributed by atoms with Crippen molar-refractivity contribution in [1.82, 2.24) is 10.2 Å². The molecule has 1 saturated heterocycles. The number of nitrogens with zero attached hydrogens (tertiary/aromatic N) is 1. The van der Waals surface area contributed by atoms with E-state index in [1.807, 2.05) is 24.3 Å². The zero-order valence-electron chi connectivity index (χ0n) is 15.9. The van der Waals surface area contributed by atoms with E-state index < -0.39 is 9.84 Å². The van der Waals surface area contributed by atoms with Crippen LogP contribution in [0.3, 0.4) is 0 Å². The van der Waals surface area contributed by atoms with Crippen molar-refractivity contribution in [2.75, 3.05) is 31.1 Å². The zero-order chi connectivity index (χ0) is 19.3. The Balaban J connectivity index is 1.59. The third-order valence-corrected chi connectivity index (χ3v) is 7.43. The molecule has 1 aliphatic heterocycles. The lowest BCUT2D eigenvalue weighted by Gasteiger charge is -2.30. The van der Waals surface area contributed by atoms with Crippen LogP contribution in [-0.2, 0) is 16.4 Å². The Morgan fingerprint density at radius 3 is 2.56 bits per heavy atom. The molecule has 3 rings (SSSR count). The van der Waals surface area contributed by atoms with Crippen LogP contribution < -0.4 is 11.1 Å². The van der Waals surface area contributed by atoms with Gasteiger partial charge in [-0.3, -0.25) is 9.69 Å². The molecule has 27 heavy (non-hydrogen) atoms. The molecule has 1 aromatic rings. The van der Waals surface area contributed by atoms with E-state index in [1.165, 1.54) is 19.3 Å². The van der Waals surface area contributed by atoms with E-state index in [-0.39, 0.29) is 23.5 Å². The predicted octanol–water partition coefficient (Wildman–Crippen LogP) is 1.55. The summed E-state index contributed by atoms with van der Waals surface area (Å²) in [6, 6.07) is 7.65. The van der Waals surface area contributed by atoms with Gasteiger partial charge in [0.25, 0.3) is 5.91 Å². The lowest BCUT2D eigenvalue weighted by atomic mass is 9.84. The van der Waals surface area contributed by atoms with Gasteiger partial charge in [0, 0.05) is 37.8 Å². The molecule has 1 unspecified atom stereocenters. The Hall–Kier alpha value is -1.44. The first-order valence-electron chi connectivity index (χ1n) is 9.99. The lowest BCUT2D eigenvalue weighted by Crippen LogP contribution is -2.46. The molecule has 1 saturated carbocycles. The van der Waals surface area contributed by atoms with Crippen molar-refractivity contribution in [3.8, 4) is 0 Å². The maximum atomic E-state index is 12.7. The quantitative estimate of drug-likeness (QED) is 0.765. The molecule has 6 nitrogen and oxygen atoms in total. The standard InChI is InChI=1S/C20H31N3O3S/c21-14-19(17-6-2-1-3-7-17)22-20(24)18-8-4-5-16(13-18)15-23-9-11-27(25,26)12-10-23/h4-5,8,13,17,19H,1-3,6-7,9-12,14-15,21H2,(H,22,24). The molecule has 1 aliphatic carbocycles. The second-order valence-corrected chi connectivity index (χ2v) is 10.1. The van der Waals surface area contributed by atoms with Crippen LogP contribution in [0.5, 0.6) is 0 Å². The van der Waals surface area contributed by atoms with Crippen LogP contribution in [0.4, 0.5) is 0 Å². The molecule has 0 bridgehead atoms. The van der Waals surface area contributed by atoms with Gasteiger partial charge >= 0.3 is 0 Å². The van der Waals surface area contributed by atoms with Crippen molar-refractivity contribution in [2.45, 2.75) is 44.7 Å². The maximum Gasteiger partial charge on any atom is 0.251 e. The molecule has 2 fully saturated rings. The van der Waals surface area contributed by atoms with Crippen molar-refractivity contribution in [1.29, 1.82) is 0 Å². The van der Waals surface area contributed by atoms with Gasteiger partial charge in [-0.2, -0.15) is 0 Å². The van der Waals surface area contributed by atoms with E-state index in [9.17, 15) is 13.2 Å². The number of carbonyl (C=O) groups excluding carboxylic acids is 1. The van der Waals surface area contributed by atoms with Gasteiger partial charge in [0.05, 0.1) is 11.5 Å². The normalized spacial score (nSPS) is 22.3. The molecular formula is C20H31N3O3S. The van der Waals surface area contributed by atoms with Crippen molar-refractivity contribution in [3.63, 3.8) is 0 Å². The number of carbonyl (C=O) groups is 1. The van der Waals surface area contributed by atoms with Crippen LogP contribution in [0.2, 0.25) is 0 Å². The molecule has 7 heteroatoms. The van der Waals surface area contributed by atoms with Crippen LogP contribution in [0, 0.1) is 5.92 Å². The van der Waals surface area contributed by atoms with Gasteiger partial charge in [0.15, 0.2) is 9.84 Å².